The van der Waals surface area contributed by atoms with Gasteiger partial charge in [0.05, 0.1) is 18.4 Å². The van der Waals surface area contributed by atoms with Crippen molar-refractivity contribution in [3.05, 3.63) is 45.3 Å². The highest BCUT2D eigenvalue weighted by Gasteiger charge is 2.23. The molecule has 0 unspecified atom stereocenters. The number of aromatic amines is 1. The highest BCUT2D eigenvalue weighted by Crippen LogP contribution is 2.19. The number of fused-ring (bicyclic) bond motifs is 1. The van der Waals surface area contributed by atoms with Gasteiger partial charge in [0.1, 0.15) is 0 Å². The number of methoxy groups -OCH3 is 1. The van der Waals surface area contributed by atoms with E-state index in [0.717, 1.165) is 6.26 Å². The molecule has 0 fully saturated rings. The van der Waals surface area contributed by atoms with Crippen molar-refractivity contribution in [1.29, 1.82) is 0 Å². The number of ether oxygens (including phenoxy) is 1. The number of halogens is 1. The molecule has 25 heavy (non-hydrogen) atoms. The second-order valence-electron chi connectivity index (χ2n) is 5.86. The van der Waals surface area contributed by atoms with E-state index in [4.69, 9.17) is 4.74 Å². The van der Waals surface area contributed by atoms with Gasteiger partial charge in [-0.05, 0) is 11.6 Å². The summed E-state index contributed by atoms with van der Waals surface area (Å²) in [6, 6.07) is 1.34. The monoisotopic (exact) mass is 368 g/mol. The van der Waals surface area contributed by atoms with Gasteiger partial charge in [0.2, 0.25) is 20.9 Å². The molecule has 0 spiro atoms. The van der Waals surface area contributed by atoms with E-state index >= 15 is 0 Å². The number of pyridine rings is 1. The minimum Gasteiger partial charge on any atom is -0.479 e. The van der Waals surface area contributed by atoms with Gasteiger partial charge in [-0.2, -0.15) is 0 Å². The predicted molar refractivity (Wildman–Crippen MR) is 86.5 cm³/mol. The summed E-state index contributed by atoms with van der Waals surface area (Å²) in [5, 5.41) is -0.314. The molecule has 0 amide bonds. The van der Waals surface area contributed by atoms with E-state index < -0.39 is 21.2 Å². The predicted octanol–water partition coefficient (Wildman–Crippen LogP) is 0.274. The van der Waals surface area contributed by atoms with E-state index in [2.05, 4.69) is 15.0 Å². The summed E-state index contributed by atoms with van der Waals surface area (Å²) in [6.45, 7) is 1.27. The topological polar surface area (TPSA) is 105 Å². The van der Waals surface area contributed by atoms with Gasteiger partial charge >= 0.3 is 0 Å². The summed E-state index contributed by atoms with van der Waals surface area (Å²) in [5.41, 5.74) is 1.10. The Kier molecular flexibility index (Phi) is 4.56. The summed E-state index contributed by atoms with van der Waals surface area (Å²) in [4.78, 5) is 24.4. The van der Waals surface area contributed by atoms with Crippen LogP contribution in [0.15, 0.2) is 22.2 Å². The highest BCUT2D eigenvalue weighted by atomic mass is 32.2. The molecule has 3 heterocycles. The van der Waals surface area contributed by atoms with Gasteiger partial charge < -0.3 is 4.74 Å². The third-order valence-electron chi connectivity index (χ3n) is 3.94. The van der Waals surface area contributed by atoms with Gasteiger partial charge in [0.25, 0.3) is 5.56 Å². The molecule has 1 N–H and O–H groups in total. The Labute approximate surface area is 143 Å². The fourth-order valence-corrected chi connectivity index (χ4v) is 3.28. The summed E-state index contributed by atoms with van der Waals surface area (Å²) in [7, 11) is -2.23. The lowest BCUT2D eigenvalue weighted by Crippen LogP contribution is -2.36. The molecule has 0 saturated heterocycles. The van der Waals surface area contributed by atoms with Crippen LogP contribution in [-0.2, 0) is 29.3 Å². The number of hydrogen-bond acceptors (Lipinski definition) is 7. The molecule has 0 saturated carbocycles. The van der Waals surface area contributed by atoms with Crippen molar-refractivity contribution in [2.75, 3.05) is 19.9 Å². The SMILES string of the molecule is COc1ncc(CN2CCc3nc(S(C)(=O)=O)[nH]c(=O)c3C2)cc1F. The number of nitrogens with zero attached hydrogens (tertiary/aromatic N) is 3. The number of rotatable bonds is 4. The molecular weight excluding hydrogens is 351 g/mol. The second-order valence-corrected chi connectivity index (χ2v) is 7.79. The maximum atomic E-state index is 13.7. The van der Waals surface area contributed by atoms with Gasteiger partial charge in [0, 0.05) is 38.5 Å². The van der Waals surface area contributed by atoms with Gasteiger partial charge in [-0.25, -0.2) is 22.8 Å². The van der Waals surface area contributed by atoms with Crippen LogP contribution in [-0.4, -0.2) is 48.2 Å². The highest BCUT2D eigenvalue weighted by molar-refractivity contribution is 7.90. The number of aromatic nitrogens is 3. The number of H-pyrrole nitrogens is 1. The van der Waals surface area contributed by atoms with Crippen molar-refractivity contribution in [3.8, 4) is 5.88 Å². The maximum absolute atomic E-state index is 13.7. The van der Waals surface area contributed by atoms with Crippen molar-refractivity contribution in [1.82, 2.24) is 19.9 Å². The lowest BCUT2D eigenvalue weighted by Gasteiger charge is -2.27. The number of nitrogens with one attached hydrogen (secondary N) is 1. The average molecular weight is 368 g/mol. The fourth-order valence-electron chi connectivity index (χ4n) is 2.73. The molecule has 0 aliphatic carbocycles. The smallest absolute Gasteiger partial charge is 0.256 e. The Morgan fingerprint density at radius 2 is 2.20 bits per heavy atom. The normalized spacial score (nSPS) is 15.0. The van der Waals surface area contributed by atoms with E-state index in [1.165, 1.54) is 19.4 Å². The van der Waals surface area contributed by atoms with Crippen LogP contribution in [0.4, 0.5) is 4.39 Å². The molecule has 0 aromatic carbocycles. The minimum absolute atomic E-state index is 0.0679. The molecule has 3 rings (SSSR count). The zero-order valence-electron chi connectivity index (χ0n) is 13.7. The van der Waals surface area contributed by atoms with E-state index in [1.54, 1.807) is 0 Å². The Balaban J connectivity index is 1.82. The fraction of sp³-hybridized carbons (Fsp3) is 0.400. The van der Waals surface area contributed by atoms with Crippen molar-refractivity contribution >= 4 is 9.84 Å². The summed E-state index contributed by atoms with van der Waals surface area (Å²) >= 11 is 0. The first-order valence-electron chi connectivity index (χ1n) is 7.51. The largest absolute Gasteiger partial charge is 0.479 e. The van der Waals surface area contributed by atoms with Crippen LogP contribution in [0.1, 0.15) is 16.8 Å². The molecule has 1 aliphatic rings. The van der Waals surface area contributed by atoms with Crippen molar-refractivity contribution in [3.63, 3.8) is 0 Å². The average Bonchev–Trinajstić information content (AvgIpc) is 2.54. The van der Waals surface area contributed by atoms with Crippen LogP contribution in [0.25, 0.3) is 0 Å². The molecule has 1 aliphatic heterocycles. The van der Waals surface area contributed by atoms with Gasteiger partial charge in [-0.1, -0.05) is 0 Å². The molecular formula is C15H17FN4O4S. The van der Waals surface area contributed by atoms with Gasteiger partial charge in [0.15, 0.2) is 5.82 Å². The Morgan fingerprint density at radius 1 is 1.44 bits per heavy atom. The Morgan fingerprint density at radius 3 is 2.84 bits per heavy atom. The van der Waals surface area contributed by atoms with Gasteiger partial charge in [-0.15, -0.1) is 0 Å². The standard InChI is InChI=1S/C15H17FN4O4S/c1-24-14-11(16)5-9(6-17-14)7-20-4-3-12-10(8-20)13(21)19-15(18-12)25(2,22)23/h5-6H,3-4,7-8H2,1-2H3,(H,18,19,21). The lowest BCUT2D eigenvalue weighted by molar-refractivity contribution is 0.240. The third-order valence-corrected chi connectivity index (χ3v) is 4.84. The molecule has 10 heteroatoms. The lowest BCUT2D eigenvalue weighted by atomic mass is 10.1. The summed E-state index contributed by atoms with van der Waals surface area (Å²) < 4.78 is 41.7. The van der Waals surface area contributed by atoms with E-state index in [0.29, 0.717) is 42.9 Å². The first kappa shape index (κ1) is 17.5. The number of hydrogen-bond donors (Lipinski definition) is 1. The summed E-state index contributed by atoms with van der Waals surface area (Å²) in [5.74, 6) is -0.614. The third kappa shape index (κ3) is 3.69. The van der Waals surface area contributed by atoms with Gasteiger partial charge in [-0.3, -0.25) is 14.7 Å². The number of sulfone groups is 1. The van der Waals surface area contributed by atoms with Crippen LogP contribution >= 0.6 is 0 Å². The first-order valence-corrected chi connectivity index (χ1v) is 9.40. The van der Waals surface area contributed by atoms with Crippen LogP contribution in [0.3, 0.4) is 0 Å². The molecule has 2 aromatic rings. The van der Waals surface area contributed by atoms with Crippen LogP contribution in [0, 0.1) is 5.82 Å². The van der Waals surface area contributed by atoms with Crippen molar-refractivity contribution in [2.24, 2.45) is 0 Å². The molecule has 134 valence electrons. The van der Waals surface area contributed by atoms with Crippen molar-refractivity contribution < 1.29 is 17.5 Å². The summed E-state index contributed by atoms with van der Waals surface area (Å²) in [6.07, 6.45) is 2.96. The van der Waals surface area contributed by atoms with Crippen molar-refractivity contribution in [2.45, 2.75) is 24.7 Å². The van der Waals surface area contributed by atoms with E-state index in [1.807, 2.05) is 4.90 Å². The molecule has 0 bridgehead atoms. The van der Waals surface area contributed by atoms with E-state index in [-0.39, 0.29) is 11.0 Å². The Bertz CT molecular complexity index is 974. The van der Waals surface area contributed by atoms with Crippen LogP contribution in [0.2, 0.25) is 0 Å². The van der Waals surface area contributed by atoms with E-state index in [9.17, 15) is 17.6 Å². The molecule has 2 aromatic heterocycles. The minimum atomic E-state index is -3.57. The second kappa shape index (κ2) is 6.52. The first-order chi connectivity index (χ1) is 11.8. The zero-order chi connectivity index (χ0) is 18.2. The zero-order valence-corrected chi connectivity index (χ0v) is 14.6. The van der Waals surface area contributed by atoms with Crippen LogP contribution in [0.5, 0.6) is 5.88 Å². The Hall–Kier alpha value is -2.33. The maximum Gasteiger partial charge on any atom is 0.256 e. The molecule has 0 radical (unpaired) electrons. The molecule has 8 nitrogen and oxygen atoms in total. The molecule has 0 atom stereocenters. The van der Waals surface area contributed by atoms with Crippen LogP contribution < -0.4 is 10.3 Å². The quantitative estimate of drug-likeness (QED) is 0.773.